The number of halogens is 3. The molecule has 16 heavy (non-hydrogen) atoms. The van der Waals surface area contributed by atoms with Crippen LogP contribution in [-0.2, 0) is 10.1 Å². The minimum Gasteiger partial charge on any atom is -0.378 e. The summed E-state index contributed by atoms with van der Waals surface area (Å²) in [5.41, 5.74) is 1.20. The first-order valence-electron chi connectivity index (χ1n) is 4.96. The first kappa shape index (κ1) is 12.8. The Hall–Kier alpha value is 0.350. The normalized spacial score (nSPS) is 16.6. The van der Waals surface area contributed by atoms with E-state index in [-0.39, 0.29) is 0 Å². The lowest BCUT2D eigenvalue weighted by Gasteiger charge is -2.28. The van der Waals surface area contributed by atoms with Crippen LogP contribution in [0.4, 0.5) is 5.82 Å². The Labute approximate surface area is 120 Å². The first-order valence-corrected chi connectivity index (χ1v) is 7.66. The first-order chi connectivity index (χ1) is 7.72. The summed E-state index contributed by atoms with van der Waals surface area (Å²) in [7, 11) is 0. The molecule has 1 aliphatic rings. The summed E-state index contributed by atoms with van der Waals surface area (Å²) >= 11 is 10.5. The van der Waals surface area contributed by atoms with Gasteiger partial charge >= 0.3 is 0 Å². The molecule has 0 amide bonds. The summed E-state index contributed by atoms with van der Waals surface area (Å²) in [5, 5.41) is 0.812. The molecule has 1 aromatic heterocycles. The molecule has 1 saturated heterocycles. The number of hydrogen-bond donors (Lipinski definition) is 0. The number of rotatable bonds is 2. The van der Waals surface area contributed by atoms with Gasteiger partial charge in [0.2, 0.25) is 0 Å². The molecule has 0 unspecified atom stereocenters. The second-order valence-corrected chi connectivity index (χ2v) is 5.58. The smallest absolute Gasteiger partial charge is 0.130 e. The van der Waals surface area contributed by atoms with Crippen LogP contribution in [0.2, 0.25) is 0 Å². The minimum atomic E-state index is 0.777. The number of alkyl halides is 1. The molecule has 0 bridgehead atoms. The van der Waals surface area contributed by atoms with Crippen LogP contribution in [-0.4, -0.2) is 31.3 Å². The Balaban J connectivity index is 2.29. The van der Waals surface area contributed by atoms with Gasteiger partial charge in [0.1, 0.15) is 10.4 Å². The maximum atomic E-state index is 5.33. The van der Waals surface area contributed by atoms with Crippen molar-refractivity contribution in [2.24, 2.45) is 0 Å². The van der Waals surface area contributed by atoms with Crippen LogP contribution in [0.1, 0.15) is 5.56 Å². The van der Waals surface area contributed by atoms with Gasteiger partial charge in [0.15, 0.2) is 0 Å². The Morgan fingerprint density at radius 1 is 1.31 bits per heavy atom. The molecule has 88 valence electrons. The largest absolute Gasteiger partial charge is 0.378 e. The van der Waals surface area contributed by atoms with Gasteiger partial charge in [-0.3, -0.25) is 0 Å². The second-order valence-electron chi connectivity index (χ2n) is 3.48. The molecular weight excluding hydrogens is 404 g/mol. The Morgan fingerprint density at radius 3 is 2.62 bits per heavy atom. The van der Waals surface area contributed by atoms with Gasteiger partial charge in [-0.25, -0.2) is 4.98 Å². The number of morpholine rings is 1. The zero-order valence-electron chi connectivity index (χ0n) is 8.55. The van der Waals surface area contributed by atoms with E-state index in [1.54, 1.807) is 0 Å². The quantitative estimate of drug-likeness (QED) is 0.548. The van der Waals surface area contributed by atoms with E-state index >= 15 is 0 Å². The van der Waals surface area contributed by atoms with Crippen LogP contribution in [0, 0.1) is 0 Å². The van der Waals surface area contributed by atoms with Crippen molar-refractivity contribution in [3.05, 3.63) is 20.7 Å². The van der Waals surface area contributed by atoms with Crippen molar-refractivity contribution in [3.63, 3.8) is 0 Å². The predicted octanol–water partition coefficient (Wildman–Crippen LogP) is 3.34. The Bertz CT molecular complexity index is 381. The molecular formula is C10H11Br3N2O. The summed E-state index contributed by atoms with van der Waals surface area (Å²) in [4.78, 5) is 6.77. The Morgan fingerprint density at radius 2 is 2.00 bits per heavy atom. The maximum Gasteiger partial charge on any atom is 0.130 e. The van der Waals surface area contributed by atoms with Crippen molar-refractivity contribution in [3.8, 4) is 0 Å². The van der Waals surface area contributed by atoms with E-state index in [0.29, 0.717) is 0 Å². The summed E-state index contributed by atoms with van der Waals surface area (Å²) < 4.78 is 7.20. The molecule has 1 fully saturated rings. The molecule has 0 N–H and O–H groups in total. The molecule has 3 nitrogen and oxygen atoms in total. The average molecular weight is 415 g/mol. The maximum absolute atomic E-state index is 5.33. The van der Waals surface area contributed by atoms with Crippen LogP contribution < -0.4 is 4.90 Å². The summed E-state index contributed by atoms with van der Waals surface area (Å²) in [6.45, 7) is 3.36. The molecule has 0 saturated carbocycles. The molecule has 0 radical (unpaired) electrons. The van der Waals surface area contributed by atoms with Crippen molar-refractivity contribution in [2.45, 2.75) is 5.33 Å². The van der Waals surface area contributed by atoms with Crippen LogP contribution in [0.15, 0.2) is 15.1 Å². The van der Waals surface area contributed by atoms with Crippen molar-refractivity contribution >= 4 is 53.6 Å². The highest BCUT2D eigenvalue weighted by Crippen LogP contribution is 2.30. The molecule has 1 aromatic rings. The van der Waals surface area contributed by atoms with Crippen molar-refractivity contribution in [1.82, 2.24) is 4.98 Å². The number of anilines is 1. The molecule has 0 atom stereocenters. The molecule has 0 aliphatic carbocycles. The number of hydrogen-bond acceptors (Lipinski definition) is 3. The average Bonchev–Trinajstić information content (AvgIpc) is 2.33. The lowest BCUT2D eigenvalue weighted by Crippen LogP contribution is -2.36. The fourth-order valence-corrected chi connectivity index (χ4v) is 3.18. The molecule has 2 heterocycles. The second kappa shape index (κ2) is 5.80. The van der Waals surface area contributed by atoms with Crippen LogP contribution >= 0.6 is 47.8 Å². The standard InChI is InChI=1S/C10H11Br3N2O/c11-6-7-5-8(14-10(13)9(7)12)15-1-3-16-4-2-15/h5H,1-4,6H2. The third kappa shape index (κ3) is 2.78. The van der Waals surface area contributed by atoms with Gasteiger partial charge in [0, 0.05) is 18.4 Å². The van der Waals surface area contributed by atoms with E-state index < -0.39 is 0 Å². The zero-order valence-corrected chi connectivity index (χ0v) is 13.3. The number of nitrogens with zero attached hydrogens (tertiary/aromatic N) is 2. The van der Waals surface area contributed by atoms with Gasteiger partial charge in [0.05, 0.1) is 17.7 Å². The van der Waals surface area contributed by atoms with Crippen LogP contribution in [0.5, 0.6) is 0 Å². The highest BCUT2D eigenvalue weighted by atomic mass is 79.9. The van der Waals surface area contributed by atoms with E-state index in [1.165, 1.54) is 5.56 Å². The molecule has 1 aliphatic heterocycles. The fraction of sp³-hybridized carbons (Fsp3) is 0.500. The lowest BCUT2D eigenvalue weighted by molar-refractivity contribution is 0.122. The highest BCUT2D eigenvalue weighted by Gasteiger charge is 2.15. The molecule has 0 aromatic carbocycles. The van der Waals surface area contributed by atoms with Crippen LogP contribution in [0.25, 0.3) is 0 Å². The minimum absolute atomic E-state index is 0.777. The third-order valence-corrected chi connectivity index (χ3v) is 5.05. The monoisotopic (exact) mass is 412 g/mol. The van der Waals surface area contributed by atoms with E-state index in [0.717, 1.165) is 46.5 Å². The highest BCUT2D eigenvalue weighted by molar-refractivity contribution is 9.13. The predicted molar refractivity (Wildman–Crippen MR) is 75.3 cm³/mol. The van der Waals surface area contributed by atoms with Gasteiger partial charge in [0.25, 0.3) is 0 Å². The fourth-order valence-electron chi connectivity index (χ4n) is 1.59. The number of pyridine rings is 1. The van der Waals surface area contributed by atoms with Gasteiger partial charge in [-0.2, -0.15) is 0 Å². The van der Waals surface area contributed by atoms with Crippen molar-refractivity contribution < 1.29 is 4.74 Å². The van der Waals surface area contributed by atoms with Gasteiger partial charge in [-0.1, -0.05) is 15.9 Å². The molecule has 6 heteroatoms. The summed E-state index contributed by atoms with van der Waals surface area (Å²) in [5.74, 6) is 1.01. The van der Waals surface area contributed by atoms with E-state index in [4.69, 9.17) is 4.74 Å². The van der Waals surface area contributed by atoms with Crippen molar-refractivity contribution in [1.29, 1.82) is 0 Å². The molecule has 2 rings (SSSR count). The summed E-state index contributed by atoms with van der Waals surface area (Å²) in [6, 6.07) is 2.11. The van der Waals surface area contributed by atoms with E-state index in [1.807, 2.05) is 0 Å². The SMILES string of the molecule is BrCc1cc(N2CCOCC2)nc(Br)c1Br. The molecule has 0 spiro atoms. The lowest BCUT2D eigenvalue weighted by atomic mass is 10.3. The topological polar surface area (TPSA) is 25.4 Å². The third-order valence-electron chi connectivity index (χ3n) is 2.46. The number of aromatic nitrogens is 1. The number of ether oxygens (including phenoxy) is 1. The summed E-state index contributed by atoms with van der Waals surface area (Å²) in [6.07, 6.45) is 0. The van der Waals surface area contributed by atoms with Gasteiger partial charge in [-0.15, -0.1) is 0 Å². The van der Waals surface area contributed by atoms with E-state index in [9.17, 15) is 0 Å². The van der Waals surface area contributed by atoms with Crippen molar-refractivity contribution in [2.75, 3.05) is 31.2 Å². The van der Waals surface area contributed by atoms with E-state index in [2.05, 4.69) is 63.7 Å². The Kier molecular flexibility index (Phi) is 4.64. The van der Waals surface area contributed by atoms with Crippen LogP contribution in [0.3, 0.4) is 0 Å². The van der Waals surface area contributed by atoms with Gasteiger partial charge < -0.3 is 9.64 Å². The van der Waals surface area contributed by atoms with Gasteiger partial charge in [-0.05, 0) is 43.5 Å². The zero-order chi connectivity index (χ0) is 11.5.